The van der Waals surface area contributed by atoms with Gasteiger partial charge in [-0.1, -0.05) is 83.8 Å². The average Bonchev–Trinajstić information content (AvgIpc) is 2.86. The fourth-order valence-electron chi connectivity index (χ4n) is 4.49. The number of hydrogen-bond acceptors (Lipinski definition) is 4. The molecule has 0 saturated carbocycles. The van der Waals surface area contributed by atoms with Gasteiger partial charge >= 0.3 is 6.18 Å². The van der Waals surface area contributed by atoms with E-state index in [9.17, 15) is 13.2 Å². The van der Waals surface area contributed by atoms with Crippen molar-refractivity contribution in [3.05, 3.63) is 29.8 Å². The number of methoxy groups -OCH3 is 2. The Bertz CT molecular complexity index is 648. The average molecular weight is 518 g/mol. The number of hydrogen-bond donors (Lipinski definition) is 0. The summed E-state index contributed by atoms with van der Waals surface area (Å²) in [5.41, 5.74) is 0.777. The Labute approximate surface area is 217 Å². The molecule has 0 saturated heterocycles. The minimum atomic E-state index is -4.60. The van der Waals surface area contributed by atoms with Crippen molar-refractivity contribution in [3.63, 3.8) is 0 Å². The zero-order valence-corrected chi connectivity index (χ0v) is 23.1. The Morgan fingerprint density at radius 3 is 1.75 bits per heavy atom. The predicted octanol–water partition coefficient (Wildman–Crippen LogP) is 8.18. The van der Waals surface area contributed by atoms with Gasteiger partial charge in [-0.05, 0) is 50.0 Å². The van der Waals surface area contributed by atoms with Gasteiger partial charge in [-0.3, -0.25) is 4.90 Å². The Hall–Kier alpha value is -1.31. The molecule has 0 spiro atoms. The van der Waals surface area contributed by atoms with E-state index < -0.39 is 12.0 Å². The summed E-state index contributed by atoms with van der Waals surface area (Å²) < 4.78 is 55.2. The van der Waals surface area contributed by atoms with E-state index in [1.807, 2.05) is 12.1 Å². The molecular formula is C29H50F3NO3. The van der Waals surface area contributed by atoms with Crippen molar-refractivity contribution in [1.29, 1.82) is 0 Å². The van der Waals surface area contributed by atoms with Crippen molar-refractivity contribution in [2.75, 3.05) is 40.5 Å². The number of aryl methyl sites for hydroxylation is 1. The molecule has 0 fully saturated rings. The summed E-state index contributed by atoms with van der Waals surface area (Å²) in [6, 6.07) is 7.23. The lowest BCUT2D eigenvalue weighted by Crippen LogP contribution is -2.49. The van der Waals surface area contributed by atoms with Crippen LogP contribution in [-0.4, -0.2) is 57.3 Å². The van der Waals surface area contributed by atoms with E-state index in [1.54, 1.807) is 12.1 Å². The minimum Gasteiger partial charge on any atom is -0.492 e. The molecule has 1 aromatic rings. The van der Waals surface area contributed by atoms with Gasteiger partial charge in [-0.25, -0.2) is 0 Å². The molecule has 0 aliphatic carbocycles. The molecular weight excluding hydrogens is 467 g/mol. The van der Waals surface area contributed by atoms with E-state index in [1.165, 1.54) is 64.2 Å². The van der Waals surface area contributed by atoms with E-state index in [0.717, 1.165) is 51.6 Å². The van der Waals surface area contributed by atoms with Crippen molar-refractivity contribution >= 4 is 0 Å². The van der Waals surface area contributed by atoms with Crippen LogP contribution in [0.1, 0.15) is 96.5 Å². The maximum absolute atomic E-state index is 13.3. The molecule has 1 aromatic carbocycles. The molecule has 1 rings (SSSR count). The minimum absolute atomic E-state index is 0.185. The molecule has 0 amide bonds. The topological polar surface area (TPSA) is 30.9 Å². The Morgan fingerprint density at radius 1 is 0.694 bits per heavy atom. The Balaban J connectivity index is 2.30. The van der Waals surface area contributed by atoms with E-state index >= 15 is 0 Å². The van der Waals surface area contributed by atoms with Gasteiger partial charge in [-0.15, -0.1) is 0 Å². The number of ether oxygens (including phenoxy) is 3. The zero-order valence-electron chi connectivity index (χ0n) is 23.1. The second-order valence-corrected chi connectivity index (χ2v) is 9.67. The number of benzene rings is 1. The van der Waals surface area contributed by atoms with Crippen LogP contribution < -0.4 is 4.74 Å². The monoisotopic (exact) mass is 517 g/mol. The van der Waals surface area contributed by atoms with Gasteiger partial charge in [0.2, 0.25) is 0 Å². The summed E-state index contributed by atoms with van der Waals surface area (Å²) in [4.78, 5) is 2.46. The maximum atomic E-state index is 13.3. The highest BCUT2D eigenvalue weighted by Gasteiger charge is 2.56. The highest BCUT2D eigenvalue weighted by atomic mass is 19.4. The van der Waals surface area contributed by atoms with Crippen molar-refractivity contribution in [2.45, 2.75) is 109 Å². The van der Waals surface area contributed by atoms with Crippen LogP contribution in [0.5, 0.6) is 5.75 Å². The number of alkyl halides is 3. The van der Waals surface area contributed by atoms with Gasteiger partial charge in [0.1, 0.15) is 12.4 Å². The lowest BCUT2D eigenvalue weighted by atomic mass is 10.0. The van der Waals surface area contributed by atoms with Gasteiger partial charge in [0, 0.05) is 27.2 Å². The number of rotatable bonds is 22. The summed E-state index contributed by atoms with van der Waals surface area (Å²) >= 11 is 0. The number of nitrogens with zero attached hydrogens (tertiary/aromatic N) is 1. The quantitative estimate of drug-likeness (QED) is 0.115. The molecule has 0 unspecified atom stereocenters. The molecule has 7 heteroatoms. The van der Waals surface area contributed by atoms with Crippen LogP contribution in [0.2, 0.25) is 0 Å². The summed E-state index contributed by atoms with van der Waals surface area (Å²) in [6.45, 7) is 8.11. The van der Waals surface area contributed by atoms with Gasteiger partial charge in [0.15, 0.2) is 0 Å². The molecule has 0 aliphatic heterocycles. The zero-order chi connectivity index (χ0) is 26.7. The maximum Gasteiger partial charge on any atom is 0.443 e. The molecule has 36 heavy (non-hydrogen) atoms. The lowest BCUT2D eigenvalue weighted by molar-refractivity contribution is -0.368. The van der Waals surface area contributed by atoms with Crippen LogP contribution in [0.3, 0.4) is 0 Å². The first-order valence-corrected chi connectivity index (χ1v) is 13.9. The van der Waals surface area contributed by atoms with Crippen LogP contribution in [0, 0.1) is 0 Å². The van der Waals surface area contributed by atoms with E-state index in [4.69, 9.17) is 4.74 Å². The highest BCUT2D eigenvalue weighted by Crippen LogP contribution is 2.37. The molecule has 0 atom stereocenters. The summed E-state index contributed by atoms with van der Waals surface area (Å²) in [5, 5.41) is 0. The van der Waals surface area contributed by atoms with Crippen LogP contribution in [0.4, 0.5) is 13.2 Å². The largest absolute Gasteiger partial charge is 0.492 e. The number of unbranched alkanes of at least 4 members (excludes halogenated alkanes) is 9. The van der Waals surface area contributed by atoms with Crippen LogP contribution in [0.25, 0.3) is 0 Å². The SMILES string of the molecule is CCCCCCCCCCCCN(CCC)CCOc1ccc(CCC(OC)(OC)C(F)(F)F)cc1. The Kier molecular flexibility index (Phi) is 17.1. The van der Waals surface area contributed by atoms with Gasteiger partial charge in [-0.2, -0.15) is 13.2 Å². The van der Waals surface area contributed by atoms with Crippen LogP contribution in [-0.2, 0) is 15.9 Å². The van der Waals surface area contributed by atoms with E-state index in [2.05, 4.69) is 28.2 Å². The summed E-state index contributed by atoms with van der Waals surface area (Å²) in [5.74, 6) is -1.85. The molecule has 0 radical (unpaired) electrons. The first kappa shape index (κ1) is 32.7. The van der Waals surface area contributed by atoms with Crippen molar-refractivity contribution < 1.29 is 27.4 Å². The van der Waals surface area contributed by atoms with Crippen molar-refractivity contribution in [3.8, 4) is 5.75 Å². The van der Waals surface area contributed by atoms with Gasteiger partial charge < -0.3 is 14.2 Å². The third-order valence-electron chi connectivity index (χ3n) is 6.80. The highest BCUT2D eigenvalue weighted by molar-refractivity contribution is 5.27. The normalized spacial score (nSPS) is 12.4. The fraction of sp³-hybridized carbons (Fsp3) is 0.793. The molecule has 0 aromatic heterocycles. The third-order valence-corrected chi connectivity index (χ3v) is 6.80. The second-order valence-electron chi connectivity index (χ2n) is 9.67. The van der Waals surface area contributed by atoms with Crippen LogP contribution >= 0.6 is 0 Å². The summed E-state index contributed by atoms with van der Waals surface area (Å²) in [7, 11) is 2.04. The molecule has 0 aliphatic rings. The summed E-state index contributed by atoms with van der Waals surface area (Å²) in [6.07, 6.45) is 9.82. The van der Waals surface area contributed by atoms with Gasteiger partial charge in [0.25, 0.3) is 5.79 Å². The van der Waals surface area contributed by atoms with Crippen LogP contribution in [0.15, 0.2) is 24.3 Å². The molecule has 0 N–H and O–H groups in total. The van der Waals surface area contributed by atoms with E-state index in [-0.39, 0.29) is 12.8 Å². The lowest BCUT2D eigenvalue weighted by Gasteiger charge is -2.32. The molecule has 0 heterocycles. The second kappa shape index (κ2) is 18.9. The first-order chi connectivity index (χ1) is 17.3. The molecule has 0 bridgehead atoms. The smallest absolute Gasteiger partial charge is 0.443 e. The van der Waals surface area contributed by atoms with E-state index in [0.29, 0.717) is 6.61 Å². The third kappa shape index (κ3) is 12.8. The predicted molar refractivity (Wildman–Crippen MR) is 142 cm³/mol. The van der Waals surface area contributed by atoms with Gasteiger partial charge in [0.05, 0.1) is 0 Å². The number of halogens is 3. The standard InChI is InChI=1S/C29H50F3NO3/c1-5-7-8-9-10-11-12-13-14-15-23-33(22-6-2)24-25-36-27-18-16-26(17-19-27)20-21-28(34-3,35-4)29(30,31)32/h16-19H,5-15,20-25H2,1-4H3. The molecule has 4 nitrogen and oxygen atoms in total. The van der Waals surface area contributed by atoms with Crippen molar-refractivity contribution in [2.24, 2.45) is 0 Å². The fourth-order valence-corrected chi connectivity index (χ4v) is 4.49. The molecule has 210 valence electrons. The first-order valence-electron chi connectivity index (χ1n) is 13.9. The van der Waals surface area contributed by atoms with Crippen molar-refractivity contribution in [1.82, 2.24) is 4.90 Å². The Morgan fingerprint density at radius 2 is 1.25 bits per heavy atom.